The van der Waals surface area contributed by atoms with Gasteiger partial charge in [0.25, 0.3) is 0 Å². The molecule has 30 heavy (non-hydrogen) atoms. The molecular formula is C18H15F2N5O4S. The lowest BCUT2D eigenvalue weighted by Gasteiger charge is -2.10. The van der Waals surface area contributed by atoms with E-state index in [0.717, 1.165) is 0 Å². The molecule has 0 saturated carbocycles. The quantitative estimate of drug-likeness (QED) is 0.515. The molecule has 4 rings (SSSR count). The molecular weight excluding hydrogens is 420 g/mol. The maximum absolute atomic E-state index is 14.6. The van der Waals surface area contributed by atoms with E-state index in [1.807, 2.05) is 0 Å². The number of hydrogen-bond donors (Lipinski definition) is 1. The summed E-state index contributed by atoms with van der Waals surface area (Å²) in [5.41, 5.74) is 0.0676. The number of benzene rings is 1. The van der Waals surface area contributed by atoms with Crippen LogP contribution in [0, 0.1) is 11.6 Å². The first-order chi connectivity index (χ1) is 14.1. The van der Waals surface area contributed by atoms with Crippen molar-refractivity contribution < 1.29 is 21.9 Å². The first kappa shape index (κ1) is 19.9. The molecule has 12 heteroatoms. The Morgan fingerprint density at radius 1 is 1.20 bits per heavy atom. The van der Waals surface area contributed by atoms with Crippen LogP contribution in [0.4, 0.5) is 8.78 Å². The molecule has 0 unspecified atom stereocenters. The normalized spacial score (nSPS) is 12.0. The molecule has 0 atom stereocenters. The molecule has 3 aromatic heterocycles. The van der Waals surface area contributed by atoms with Gasteiger partial charge in [0.05, 0.1) is 35.8 Å². The third-order valence-electron chi connectivity index (χ3n) is 4.77. The summed E-state index contributed by atoms with van der Waals surface area (Å²) in [6, 6.07) is 4.46. The number of aromatic nitrogens is 4. The molecule has 9 nitrogen and oxygen atoms in total. The average Bonchev–Trinajstić information content (AvgIpc) is 2.94. The van der Waals surface area contributed by atoms with Gasteiger partial charge in [-0.1, -0.05) is 0 Å². The molecule has 3 heterocycles. The number of pyridine rings is 2. The number of hydrogen-bond acceptors (Lipinski definition) is 6. The minimum absolute atomic E-state index is 0.284. The van der Waals surface area contributed by atoms with E-state index < -0.39 is 44.4 Å². The van der Waals surface area contributed by atoms with Crippen molar-refractivity contribution in [3.63, 3.8) is 0 Å². The van der Waals surface area contributed by atoms with Crippen LogP contribution >= 0.6 is 0 Å². The molecule has 0 bridgehead atoms. The van der Waals surface area contributed by atoms with Crippen LogP contribution in [0.1, 0.15) is 5.56 Å². The molecule has 1 aromatic carbocycles. The number of nitrogens with two attached hydrogens (primary N) is 1. The maximum atomic E-state index is 14.6. The number of halogens is 2. The fourth-order valence-corrected chi connectivity index (χ4v) is 3.79. The fraction of sp³-hybridized carbons (Fsp3) is 0.167. The van der Waals surface area contributed by atoms with Gasteiger partial charge in [0.1, 0.15) is 11.6 Å². The molecule has 0 fully saturated rings. The van der Waals surface area contributed by atoms with Gasteiger partial charge in [-0.25, -0.2) is 32.1 Å². The van der Waals surface area contributed by atoms with Crippen molar-refractivity contribution in [3.8, 4) is 5.88 Å². The van der Waals surface area contributed by atoms with Crippen molar-refractivity contribution in [3.05, 3.63) is 58.1 Å². The SMILES string of the molecule is COc1ccc2c(ncc3c2n(Cc2c(F)cc(S(N)(=O)=O)cc2F)c(=O)n3C)n1. The zero-order valence-electron chi connectivity index (χ0n) is 15.8. The Labute approximate surface area is 168 Å². The maximum Gasteiger partial charge on any atom is 0.329 e. The molecule has 0 aliphatic rings. The van der Waals surface area contributed by atoms with Gasteiger partial charge in [-0.2, -0.15) is 4.98 Å². The average molecular weight is 435 g/mol. The van der Waals surface area contributed by atoms with E-state index in [-0.39, 0.29) is 5.65 Å². The highest BCUT2D eigenvalue weighted by Gasteiger charge is 2.21. The van der Waals surface area contributed by atoms with Gasteiger partial charge in [0, 0.05) is 24.1 Å². The number of imidazole rings is 1. The van der Waals surface area contributed by atoms with E-state index in [9.17, 15) is 22.0 Å². The predicted octanol–water partition coefficient (Wildman–Crippen LogP) is 1.27. The molecule has 0 saturated heterocycles. The monoisotopic (exact) mass is 435 g/mol. The van der Waals surface area contributed by atoms with Crippen LogP contribution in [0.15, 0.2) is 40.2 Å². The van der Waals surface area contributed by atoms with Gasteiger partial charge in [0.15, 0.2) is 5.65 Å². The van der Waals surface area contributed by atoms with E-state index in [1.165, 1.54) is 29.5 Å². The van der Waals surface area contributed by atoms with Crippen LogP contribution in [-0.2, 0) is 23.6 Å². The van der Waals surface area contributed by atoms with E-state index in [2.05, 4.69) is 9.97 Å². The van der Waals surface area contributed by atoms with Gasteiger partial charge < -0.3 is 4.74 Å². The Morgan fingerprint density at radius 3 is 2.47 bits per heavy atom. The number of aryl methyl sites for hydroxylation is 1. The van der Waals surface area contributed by atoms with Gasteiger partial charge in [-0.15, -0.1) is 0 Å². The zero-order valence-corrected chi connectivity index (χ0v) is 16.6. The highest BCUT2D eigenvalue weighted by molar-refractivity contribution is 7.89. The first-order valence-electron chi connectivity index (χ1n) is 8.51. The minimum atomic E-state index is -4.29. The summed E-state index contributed by atoms with van der Waals surface area (Å²) in [7, 11) is -1.34. The molecule has 0 amide bonds. The Bertz CT molecular complexity index is 1470. The summed E-state index contributed by atoms with van der Waals surface area (Å²) in [6.45, 7) is -0.482. The van der Waals surface area contributed by atoms with Crippen molar-refractivity contribution in [1.82, 2.24) is 19.1 Å². The number of ether oxygens (including phenoxy) is 1. The van der Waals surface area contributed by atoms with Gasteiger partial charge in [0.2, 0.25) is 15.9 Å². The Kier molecular flexibility index (Phi) is 4.55. The molecule has 0 spiro atoms. The van der Waals surface area contributed by atoms with Crippen LogP contribution < -0.4 is 15.6 Å². The second-order valence-corrected chi connectivity index (χ2v) is 8.12. The van der Waals surface area contributed by atoms with Crippen LogP contribution in [0.3, 0.4) is 0 Å². The standard InChI is InChI=1S/C18H15F2N5O4S/c1-24-14-7-22-17-10(3-4-15(23-17)29-2)16(14)25(18(24)26)8-11-12(19)5-9(6-13(11)20)30(21,27)28/h3-7H,8H2,1-2H3,(H2,21,27,28). The first-order valence-corrected chi connectivity index (χ1v) is 10.1. The summed E-state index contributed by atoms with van der Waals surface area (Å²) in [5, 5.41) is 5.42. The number of primary sulfonamides is 1. The Hall–Kier alpha value is -3.38. The topological polar surface area (TPSA) is 122 Å². The molecule has 156 valence electrons. The third-order valence-corrected chi connectivity index (χ3v) is 5.67. The number of fused-ring (bicyclic) bond motifs is 3. The molecule has 4 aromatic rings. The largest absolute Gasteiger partial charge is 0.481 e. The summed E-state index contributed by atoms with van der Waals surface area (Å²) in [4.78, 5) is 20.5. The second kappa shape index (κ2) is 6.85. The van der Waals surface area contributed by atoms with Crippen molar-refractivity contribution in [2.45, 2.75) is 11.4 Å². The number of sulfonamides is 1. The number of nitrogens with zero attached hydrogens (tertiary/aromatic N) is 4. The second-order valence-electron chi connectivity index (χ2n) is 6.56. The summed E-state index contributed by atoms with van der Waals surface area (Å²) in [5.74, 6) is -1.96. The van der Waals surface area contributed by atoms with Crippen molar-refractivity contribution in [2.24, 2.45) is 12.2 Å². The molecule has 0 radical (unpaired) electrons. The van der Waals surface area contributed by atoms with Crippen molar-refractivity contribution in [2.75, 3.05) is 7.11 Å². The summed E-state index contributed by atoms with van der Waals surface area (Å²) >= 11 is 0. The highest BCUT2D eigenvalue weighted by Crippen LogP contribution is 2.26. The summed E-state index contributed by atoms with van der Waals surface area (Å²) < 4.78 is 59.4. The van der Waals surface area contributed by atoms with Crippen LogP contribution in [0.5, 0.6) is 5.88 Å². The number of rotatable bonds is 4. The van der Waals surface area contributed by atoms with Crippen LogP contribution in [0.25, 0.3) is 22.1 Å². The lowest BCUT2D eigenvalue weighted by molar-refractivity contribution is 0.399. The predicted molar refractivity (Wildman–Crippen MR) is 104 cm³/mol. The van der Waals surface area contributed by atoms with E-state index in [0.29, 0.717) is 34.4 Å². The Morgan fingerprint density at radius 2 is 1.87 bits per heavy atom. The smallest absolute Gasteiger partial charge is 0.329 e. The summed E-state index contributed by atoms with van der Waals surface area (Å²) in [6.07, 6.45) is 1.43. The highest BCUT2D eigenvalue weighted by atomic mass is 32.2. The minimum Gasteiger partial charge on any atom is -0.481 e. The van der Waals surface area contributed by atoms with Crippen LogP contribution in [0.2, 0.25) is 0 Å². The lowest BCUT2D eigenvalue weighted by Crippen LogP contribution is -2.24. The van der Waals surface area contributed by atoms with E-state index in [4.69, 9.17) is 9.88 Å². The Balaban J connectivity index is 1.97. The molecule has 0 aliphatic carbocycles. The third kappa shape index (κ3) is 3.09. The van der Waals surface area contributed by atoms with Crippen LogP contribution in [-0.4, -0.2) is 34.6 Å². The van der Waals surface area contributed by atoms with E-state index in [1.54, 1.807) is 12.1 Å². The lowest BCUT2D eigenvalue weighted by atomic mass is 10.2. The number of methoxy groups -OCH3 is 1. The van der Waals surface area contributed by atoms with Gasteiger partial charge in [-0.05, 0) is 18.2 Å². The van der Waals surface area contributed by atoms with Crippen molar-refractivity contribution in [1.29, 1.82) is 0 Å². The fourth-order valence-electron chi connectivity index (χ4n) is 3.26. The van der Waals surface area contributed by atoms with E-state index >= 15 is 0 Å². The zero-order chi connectivity index (χ0) is 21.8. The van der Waals surface area contributed by atoms with Gasteiger partial charge in [-0.3, -0.25) is 9.13 Å². The van der Waals surface area contributed by atoms with Crippen molar-refractivity contribution >= 4 is 32.1 Å². The van der Waals surface area contributed by atoms with Gasteiger partial charge >= 0.3 is 5.69 Å². The molecule has 2 N–H and O–H groups in total. The molecule has 0 aliphatic heterocycles.